The Bertz CT molecular complexity index is 690. The van der Waals surface area contributed by atoms with E-state index in [2.05, 4.69) is 5.32 Å². The number of ether oxygens (including phenoxy) is 2. The van der Waals surface area contributed by atoms with Gasteiger partial charge in [0.05, 0.1) is 18.7 Å². The van der Waals surface area contributed by atoms with Gasteiger partial charge in [0.1, 0.15) is 11.5 Å². The van der Waals surface area contributed by atoms with Crippen molar-refractivity contribution in [1.29, 1.82) is 5.26 Å². The normalized spacial score (nSPS) is 9.74. The van der Waals surface area contributed by atoms with Crippen LogP contribution in [-0.2, 0) is 11.2 Å². The zero-order valence-electron chi connectivity index (χ0n) is 12.9. The molecule has 0 atom stereocenters. The molecule has 0 aliphatic heterocycles. The molecule has 5 heteroatoms. The molecule has 0 aliphatic carbocycles. The van der Waals surface area contributed by atoms with Crippen LogP contribution in [0.2, 0.25) is 0 Å². The Morgan fingerprint density at radius 2 is 1.91 bits per heavy atom. The second kappa shape index (κ2) is 8.44. The standard InChI is InChI=1S/C18H18N2O3/c1-22-17-5-3-2-4-15(17)10-11-20-18(21)13-23-16-8-6-14(12-19)7-9-16/h2-9H,10-11,13H2,1H3,(H,20,21). The second-order valence-corrected chi connectivity index (χ2v) is 4.84. The number of carbonyl (C=O) groups is 1. The van der Waals surface area contributed by atoms with Crippen molar-refractivity contribution in [1.82, 2.24) is 5.32 Å². The Kier molecular flexibility index (Phi) is 6.01. The average Bonchev–Trinajstić information content (AvgIpc) is 2.61. The topological polar surface area (TPSA) is 71.3 Å². The third-order valence-corrected chi connectivity index (χ3v) is 3.26. The van der Waals surface area contributed by atoms with Gasteiger partial charge in [-0.05, 0) is 42.3 Å². The first kappa shape index (κ1) is 16.4. The van der Waals surface area contributed by atoms with E-state index in [0.717, 1.165) is 11.3 Å². The lowest BCUT2D eigenvalue weighted by Crippen LogP contribution is -2.30. The second-order valence-electron chi connectivity index (χ2n) is 4.84. The number of methoxy groups -OCH3 is 1. The van der Waals surface area contributed by atoms with E-state index in [1.165, 1.54) is 0 Å². The molecule has 1 amide bonds. The summed E-state index contributed by atoms with van der Waals surface area (Å²) < 4.78 is 10.6. The molecule has 2 aromatic carbocycles. The smallest absolute Gasteiger partial charge is 0.257 e. The van der Waals surface area contributed by atoms with E-state index in [1.807, 2.05) is 30.3 Å². The third-order valence-electron chi connectivity index (χ3n) is 3.26. The Hall–Kier alpha value is -3.00. The SMILES string of the molecule is COc1ccccc1CCNC(=O)COc1ccc(C#N)cc1. The van der Waals surface area contributed by atoms with Gasteiger partial charge < -0.3 is 14.8 Å². The predicted octanol–water partition coefficient (Wildman–Crippen LogP) is 2.30. The predicted molar refractivity (Wildman–Crippen MR) is 86.4 cm³/mol. The molecule has 0 radical (unpaired) electrons. The maximum Gasteiger partial charge on any atom is 0.257 e. The van der Waals surface area contributed by atoms with Gasteiger partial charge in [0, 0.05) is 6.54 Å². The van der Waals surface area contributed by atoms with Crippen molar-refractivity contribution in [2.75, 3.05) is 20.3 Å². The summed E-state index contributed by atoms with van der Waals surface area (Å²) in [5, 5.41) is 11.5. The molecule has 23 heavy (non-hydrogen) atoms. The number of nitrogens with zero attached hydrogens (tertiary/aromatic N) is 1. The highest BCUT2D eigenvalue weighted by atomic mass is 16.5. The maximum atomic E-state index is 11.8. The molecule has 0 fully saturated rings. The number of hydrogen-bond donors (Lipinski definition) is 1. The number of amides is 1. The van der Waals surface area contributed by atoms with Crippen molar-refractivity contribution in [3.05, 3.63) is 59.7 Å². The number of nitrogens with one attached hydrogen (secondary N) is 1. The molecule has 2 aromatic rings. The molecule has 0 saturated carbocycles. The fourth-order valence-corrected chi connectivity index (χ4v) is 2.07. The number of carbonyl (C=O) groups excluding carboxylic acids is 1. The van der Waals surface area contributed by atoms with Crippen molar-refractivity contribution in [3.8, 4) is 17.6 Å². The summed E-state index contributed by atoms with van der Waals surface area (Å²) in [7, 11) is 1.63. The Morgan fingerprint density at radius 3 is 2.61 bits per heavy atom. The van der Waals surface area contributed by atoms with Gasteiger partial charge in [-0.2, -0.15) is 5.26 Å². The van der Waals surface area contributed by atoms with Crippen molar-refractivity contribution in [2.24, 2.45) is 0 Å². The van der Waals surface area contributed by atoms with Crippen LogP contribution in [0.3, 0.4) is 0 Å². The van der Waals surface area contributed by atoms with Crippen LogP contribution in [-0.4, -0.2) is 26.2 Å². The third kappa shape index (κ3) is 5.04. The van der Waals surface area contributed by atoms with Crippen molar-refractivity contribution in [3.63, 3.8) is 0 Å². The van der Waals surface area contributed by atoms with Gasteiger partial charge in [-0.25, -0.2) is 0 Å². The summed E-state index contributed by atoms with van der Waals surface area (Å²) in [6.45, 7) is 0.452. The maximum absolute atomic E-state index is 11.8. The lowest BCUT2D eigenvalue weighted by Gasteiger charge is -2.10. The minimum Gasteiger partial charge on any atom is -0.496 e. The average molecular weight is 310 g/mol. The summed E-state index contributed by atoms with van der Waals surface area (Å²) in [5.74, 6) is 1.18. The molecule has 1 N–H and O–H groups in total. The lowest BCUT2D eigenvalue weighted by atomic mass is 10.1. The van der Waals surface area contributed by atoms with Crippen LogP contribution in [0, 0.1) is 11.3 Å². The highest BCUT2D eigenvalue weighted by molar-refractivity contribution is 5.77. The molecule has 0 bridgehead atoms. The monoisotopic (exact) mass is 310 g/mol. The zero-order valence-corrected chi connectivity index (χ0v) is 12.9. The van der Waals surface area contributed by atoms with Gasteiger partial charge in [0.2, 0.25) is 0 Å². The summed E-state index contributed by atoms with van der Waals surface area (Å²) >= 11 is 0. The van der Waals surface area contributed by atoms with Gasteiger partial charge in [-0.15, -0.1) is 0 Å². The lowest BCUT2D eigenvalue weighted by molar-refractivity contribution is -0.123. The molecule has 2 rings (SSSR count). The number of nitriles is 1. The van der Waals surface area contributed by atoms with Crippen LogP contribution in [0.15, 0.2) is 48.5 Å². The van der Waals surface area contributed by atoms with Gasteiger partial charge in [-0.3, -0.25) is 4.79 Å². The van der Waals surface area contributed by atoms with E-state index in [1.54, 1.807) is 31.4 Å². The van der Waals surface area contributed by atoms with Crippen LogP contribution in [0.25, 0.3) is 0 Å². The molecule has 0 heterocycles. The Balaban J connectivity index is 1.73. The van der Waals surface area contributed by atoms with E-state index in [9.17, 15) is 4.79 Å². The van der Waals surface area contributed by atoms with Gasteiger partial charge in [0.15, 0.2) is 6.61 Å². The fourth-order valence-electron chi connectivity index (χ4n) is 2.07. The molecule has 0 saturated heterocycles. The van der Waals surface area contributed by atoms with E-state index in [0.29, 0.717) is 24.3 Å². The molecule has 0 aromatic heterocycles. The molecule has 5 nitrogen and oxygen atoms in total. The molecular formula is C18H18N2O3. The summed E-state index contributed by atoms with van der Waals surface area (Å²) in [6.07, 6.45) is 0.687. The molecular weight excluding hydrogens is 292 g/mol. The molecule has 0 unspecified atom stereocenters. The van der Waals surface area contributed by atoms with E-state index < -0.39 is 0 Å². The van der Waals surface area contributed by atoms with E-state index in [-0.39, 0.29) is 12.5 Å². The minimum atomic E-state index is -0.191. The van der Waals surface area contributed by atoms with Crippen molar-refractivity contribution in [2.45, 2.75) is 6.42 Å². The van der Waals surface area contributed by atoms with Crippen LogP contribution < -0.4 is 14.8 Å². The highest BCUT2D eigenvalue weighted by Gasteiger charge is 2.05. The summed E-state index contributed by atoms with van der Waals surface area (Å²) in [5.41, 5.74) is 1.60. The first-order valence-corrected chi connectivity index (χ1v) is 7.24. The van der Waals surface area contributed by atoms with Gasteiger partial charge >= 0.3 is 0 Å². The van der Waals surface area contributed by atoms with Gasteiger partial charge in [-0.1, -0.05) is 18.2 Å². The highest BCUT2D eigenvalue weighted by Crippen LogP contribution is 2.17. The van der Waals surface area contributed by atoms with Crippen molar-refractivity contribution >= 4 is 5.91 Å². The Morgan fingerprint density at radius 1 is 1.17 bits per heavy atom. The largest absolute Gasteiger partial charge is 0.496 e. The molecule has 0 spiro atoms. The Labute approximate surface area is 135 Å². The van der Waals surface area contributed by atoms with Crippen LogP contribution >= 0.6 is 0 Å². The quantitative estimate of drug-likeness (QED) is 0.852. The zero-order chi connectivity index (χ0) is 16.5. The molecule has 118 valence electrons. The number of para-hydroxylation sites is 1. The summed E-state index contributed by atoms with van der Waals surface area (Å²) in [6, 6.07) is 16.4. The first-order chi connectivity index (χ1) is 11.2. The molecule has 0 aliphatic rings. The number of rotatable bonds is 7. The fraction of sp³-hybridized carbons (Fsp3) is 0.222. The van der Waals surface area contributed by atoms with Gasteiger partial charge in [0.25, 0.3) is 5.91 Å². The van der Waals surface area contributed by atoms with E-state index >= 15 is 0 Å². The van der Waals surface area contributed by atoms with Crippen molar-refractivity contribution < 1.29 is 14.3 Å². The summed E-state index contributed by atoms with van der Waals surface area (Å²) in [4.78, 5) is 11.8. The number of benzene rings is 2. The van der Waals surface area contributed by atoms with E-state index in [4.69, 9.17) is 14.7 Å². The van der Waals surface area contributed by atoms with Crippen LogP contribution in [0.1, 0.15) is 11.1 Å². The first-order valence-electron chi connectivity index (χ1n) is 7.24. The minimum absolute atomic E-state index is 0.0577. The van der Waals surface area contributed by atoms with Crippen LogP contribution in [0.5, 0.6) is 11.5 Å². The number of hydrogen-bond acceptors (Lipinski definition) is 4. The van der Waals surface area contributed by atoms with Crippen LogP contribution in [0.4, 0.5) is 0 Å².